The van der Waals surface area contributed by atoms with Crippen molar-refractivity contribution in [3.63, 3.8) is 0 Å². The van der Waals surface area contributed by atoms with Gasteiger partial charge in [0.05, 0.1) is 0 Å². The van der Waals surface area contributed by atoms with Gasteiger partial charge in [-0.3, -0.25) is 0 Å². The predicted octanol–water partition coefficient (Wildman–Crippen LogP) is 3.09. The van der Waals surface area contributed by atoms with E-state index in [0.717, 1.165) is 0 Å². The summed E-state index contributed by atoms with van der Waals surface area (Å²) in [6.07, 6.45) is 0. The Morgan fingerprint density at radius 3 is 1.80 bits per heavy atom. The zero-order valence-electron chi connectivity index (χ0n) is 4.47. The maximum Gasteiger partial charge on any atom is 0.354 e. The molecule has 0 aliphatic heterocycles. The average Bonchev–Trinajstić information content (AvgIpc) is 1.83. The summed E-state index contributed by atoms with van der Waals surface area (Å²) in [5.41, 5.74) is 0. The molecule has 0 aromatic carbocycles. The first-order valence-electron chi connectivity index (χ1n) is 2.07. The first kappa shape index (κ1) is 9.87. The van der Waals surface area contributed by atoms with Gasteiger partial charge in [-0.2, -0.15) is 8.78 Å². The minimum atomic E-state index is -4.11. The predicted molar refractivity (Wildman–Crippen MR) is 29.1 cm³/mol. The van der Waals surface area contributed by atoms with Crippen LogP contribution in [0.1, 0.15) is 0 Å². The van der Waals surface area contributed by atoms with E-state index in [-0.39, 0.29) is 0 Å². The van der Waals surface area contributed by atoms with Crippen molar-refractivity contribution < 1.29 is 22.0 Å². The third-order valence-corrected chi connectivity index (χ3v) is 0.952. The van der Waals surface area contributed by atoms with Crippen LogP contribution in [0.5, 0.6) is 0 Å². The number of allylic oxidation sites excluding steroid dienone is 2. The molecule has 10 heavy (non-hydrogen) atoms. The molecule has 60 valence electrons. The van der Waals surface area contributed by atoms with Crippen LogP contribution in [-0.4, -0.2) is 11.5 Å². The third kappa shape index (κ3) is 2.64. The first-order valence-corrected chi connectivity index (χ1v) is 2.86. The molecule has 0 radical (unpaired) electrons. The van der Waals surface area contributed by atoms with E-state index in [4.69, 9.17) is 0 Å². The molecule has 0 spiro atoms. The fourth-order valence-corrected chi connectivity index (χ4v) is 0.428. The van der Waals surface area contributed by atoms with Gasteiger partial charge < -0.3 is 0 Å². The van der Waals surface area contributed by atoms with E-state index >= 15 is 0 Å². The lowest BCUT2D eigenvalue weighted by Crippen LogP contribution is -2.07. The van der Waals surface area contributed by atoms with Crippen molar-refractivity contribution in [2.45, 2.75) is 4.83 Å². The molecule has 0 saturated heterocycles. The summed E-state index contributed by atoms with van der Waals surface area (Å²) in [4.78, 5) is -4.11. The standard InChI is InChI=1S/C4H2BrF5/c5-4(9,10)3(8)2(7)1-6/h1H2. The monoisotopic (exact) mass is 224 g/mol. The van der Waals surface area contributed by atoms with Crippen LogP contribution in [0.2, 0.25) is 0 Å². The van der Waals surface area contributed by atoms with Crippen molar-refractivity contribution in [2.75, 3.05) is 6.67 Å². The Kier molecular flexibility index (Phi) is 3.27. The molecular weight excluding hydrogens is 223 g/mol. The van der Waals surface area contributed by atoms with E-state index in [2.05, 4.69) is 0 Å². The molecule has 0 fully saturated rings. The van der Waals surface area contributed by atoms with Crippen LogP contribution in [0.25, 0.3) is 0 Å². The summed E-state index contributed by atoms with van der Waals surface area (Å²) in [6, 6.07) is 0. The largest absolute Gasteiger partial charge is 0.354 e. The van der Waals surface area contributed by atoms with Crippen molar-refractivity contribution in [1.82, 2.24) is 0 Å². The summed E-state index contributed by atoms with van der Waals surface area (Å²) in [5, 5.41) is 0. The zero-order chi connectivity index (χ0) is 8.36. The van der Waals surface area contributed by atoms with Gasteiger partial charge in [-0.15, -0.1) is 0 Å². The lowest BCUT2D eigenvalue weighted by atomic mass is 10.5. The normalized spacial score (nSPS) is 15.0. The second-order valence-corrected chi connectivity index (χ2v) is 2.35. The fourth-order valence-electron chi connectivity index (χ4n) is 0.212. The molecule has 0 atom stereocenters. The van der Waals surface area contributed by atoms with Gasteiger partial charge in [-0.1, -0.05) is 0 Å². The van der Waals surface area contributed by atoms with E-state index in [0.29, 0.717) is 0 Å². The van der Waals surface area contributed by atoms with Crippen LogP contribution in [0.4, 0.5) is 22.0 Å². The highest BCUT2D eigenvalue weighted by Crippen LogP contribution is 2.34. The van der Waals surface area contributed by atoms with Crippen molar-refractivity contribution >= 4 is 15.9 Å². The van der Waals surface area contributed by atoms with Gasteiger partial charge >= 0.3 is 4.83 Å². The summed E-state index contributed by atoms with van der Waals surface area (Å²) in [5.74, 6) is -4.52. The Bertz CT molecular complexity index is 146. The van der Waals surface area contributed by atoms with Crippen molar-refractivity contribution in [1.29, 1.82) is 0 Å². The summed E-state index contributed by atoms with van der Waals surface area (Å²) in [6.45, 7) is -1.87. The quantitative estimate of drug-likeness (QED) is 0.500. The van der Waals surface area contributed by atoms with E-state index in [1.807, 2.05) is 0 Å². The molecule has 0 aliphatic carbocycles. The molecule has 0 aromatic rings. The molecule has 0 aromatic heterocycles. The highest BCUT2D eigenvalue weighted by molar-refractivity contribution is 9.10. The molecule has 6 heteroatoms. The first-order chi connectivity index (χ1) is 4.39. The van der Waals surface area contributed by atoms with Gasteiger partial charge in [0.25, 0.3) is 0 Å². The molecular formula is C4H2BrF5. The molecule has 0 N–H and O–H groups in total. The van der Waals surface area contributed by atoms with Gasteiger partial charge in [-0.05, 0) is 15.9 Å². The fraction of sp³-hybridized carbons (Fsp3) is 0.500. The highest BCUT2D eigenvalue weighted by Gasteiger charge is 2.34. The van der Waals surface area contributed by atoms with Crippen LogP contribution in [0, 0.1) is 0 Å². The highest BCUT2D eigenvalue weighted by atomic mass is 79.9. The van der Waals surface area contributed by atoms with E-state index < -0.39 is 23.2 Å². The molecule has 0 saturated carbocycles. The second-order valence-electron chi connectivity index (χ2n) is 1.35. The number of alkyl halides is 4. The lowest BCUT2D eigenvalue weighted by molar-refractivity contribution is 0.120. The van der Waals surface area contributed by atoms with Gasteiger partial charge in [0.2, 0.25) is 5.83 Å². The van der Waals surface area contributed by atoms with Crippen LogP contribution >= 0.6 is 15.9 Å². The Labute approximate surface area is 61.8 Å². The molecule has 0 amide bonds. The SMILES string of the molecule is FCC(F)=C(F)C(F)(F)Br. The summed E-state index contributed by atoms with van der Waals surface area (Å²) < 4.78 is 57.8. The molecule has 0 rings (SSSR count). The van der Waals surface area contributed by atoms with Gasteiger partial charge in [0.15, 0.2) is 5.83 Å². The smallest absolute Gasteiger partial charge is 0.243 e. The molecule has 0 unspecified atom stereocenters. The van der Waals surface area contributed by atoms with Gasteiger partial charge in [0.1, 0.15) is 6.67 Å². The third-order valence-electron chi connectivity index (χ3n) is 0.604. The molecule has 0 nitrogen and oxygen atoms in total. The Morgan fingerprint density at radius 1 is 1.30 bits per heavy atom. The number of halogens is 6. The topological polar surface area (TPSA) is 0 Å². The average molecular weight is 225 g/mol. The number of hydrogen-bond donors (Lipinski definition) is 0. The Balaban J connectivity index is 4.47. The van der Waals surface area contributed by atoms with E-state index in [9.17, 15) is 22.0 Å². The Morgan fingerprint density at radius 2 is 1.70 bits per heavy atom. The van der Waals surface area contributed by atoms with Crippen molar-refractivity contribution in [2.24, 2.45) is 0 Å². The van der Waals surface area contributed by atoms with Crippen molar-refractivity contribution in [3.8, 4) is 0 Å². The Hall–Kier alpha value is -0.130. The van der Waals surface area contributed by atoms with Gasteiger partial charge in [-0.25, -0.2) is 13.2 Å². The minimum absolute atomic E-state index is 1.51. The maximum atomic E-state index is 11.8. The van der Waals surface area contributed by atoms with Crippen molar-refractivity contribution in [3.05, 3.63) is 11.7 Å². The van der Waals surface area contributed by atoms with Crippen LogP contribution in [-0.2, 0) is 0 Å². The molecule has 0 bridgehead atoms. The zero-order valence-corrected chi connectivity index (χ0v) is 6.06. The summed E-state index contributed by atoms with van der Waals surface area (Å²) >= 11 is 1.51. The van der Waals surface area contributed by atoms with Gasteiger partial charge in [0, 0.05) is 0 Å². The second kappa shape index (κ2) is 3.32. The van der Waals surface area contributed by atoms with E-state index in [1.165, 1.54) is 15.9 Å². The summed E-state index contributed by atoms with van der Waals surface area (Å²) in [7, 11) is 0. The molecule has 0 heterocycles. The van der Waals surface area contributed by atoms with Crippen LogP contribution < -0.4 is 0 Å². The molecule has 0 aliphatic rings. The van der Waals surface area contributed by atoms with Crippen LogP contribution in [0.3, 0.4) is 0 Å². The number of hydrogen-bond acceptors (Lipinski definition) is 0. The van der Waals surface area contributed by atoms with Crippen LogP contribution in [0.15, 0.2) is 11.7 Å². The number of rotatable bonds is 2. The lowest BCUT2D eigenvalue weighted by Gasteiger charge is -2.03. The minimum Gasteiger partial charge on any atom is -0.243 e. The van der Waals surface area contributed by atoms with E-state index in [1.54, 1.807) is 0 Å². The maximum absolute atomic E-state index is 11.8.